The Labute approximate surface area is 110 Å². The van der Waals surface area contributed by atoms with Crippen molar-refractivity contribution in [3.8, 4) is 11.5 Å². The van der Waals surface area contributed by atoms with E-state index < -0.39 is 6.10 Å². The number of amides is 1. The van der Waals surface area contributed by atoms with Crippen molar-refractivity contribution in [2.24, 2.45) is 0 Å². The second-order valence-corrected chi connectivity index (χ2v) is 3.81. The number of methoxy groups -OCH3 is 1. The van der Waals surface area contributed by atoms with Gasteiger partial charge >= 0.3 is 0 Å². The molecule has 0 spiro atoms. The number of hydrogen-bond donors (Lipinski definition) is 1. The van der Waals surface area contributed by atoms with Crippen molar-refractivity contribution >= 4 is 11.7 Å². The molecule has 19 heavy (non-hydrogen) atoms. The number of hydrogen-bond acceptors (Lipinski definition) is 5. The Morgan fingerprint density at radius 1 is 1.26 bits per heavy atom. The van der Waals surface area contributed by atoms with E-state index in [9.17, 15) is 4.79 Å². The van der Waals surface area contributed by atoms with E-state index in [1.54, 1.807) is 44.4 Å². The van der Waals surface area contributed by atoms with E-state index in [1.807, 2.05) is 0 Å². The summed E-state index contributed by atoms with van der Waals surface area (Å²) in [5.41, 5.74) is 0. The highest BCUT2D eigenvalue weighted by Crippen LogP contribution is 2.18. The van der Waals surface area contributed by atoms with Gasteiger partial charge in [0, 0.05) is 6.07 Å². The number of rotatable bonds is 5. The minimum Gasteiger partial charge on any atom is -0.497 e. The molecule has 6 heteroatoms. The third-order valence-electron chi connectivity index (χ3n) is 2.43. The van der Waals surface area contributed by atoms with Crippen LogP contribution in [0.4, 0.5) is 5.82 Å². The standard InChI is InChI=1S/C13H14N2O4/c1-9(13(16)14-12-7-8-18-15-12)19-11-5-3-10(17-2)4-6-11/h3-9H,1-2H3,(H,14,15,16)/t9-/m1/s1. The summed E-state index contributed by atoms with van der Waals surface area (Å²) in [6.07, 6.45) is 0.732. The molecule has 0 bridgehead atoms. The molecule has 2 aromatic rings. The first-order valence-corrected chi connectivity index (χ1v) is 5.71. The quantitative estimate of drug-likeness (QED) is 0.893. The Hall–Kier alpha value is -2.50. The van der Waals surface area contributed by atoms with Gasteiger partial charge in [-0.2, -0.15) is 0 Å². The molecule has 2 rings (SSSR count). The van der Waals surface area contributed by atoms with E-state index in [-0.39, 0.29) is 5.91 Å². The topological polar surface area (TPSA) is 73.6 Å². The summed E-state index contributed by atoms with van der Waals surface area (Å²) in [6.45, 7) is 1.65. The van der Waals surface area contributed by atoms with Crippen molar-refractivity contribution in [1.29, 1.82) is 0 Å². The van der Waals surface area contributed by atoms with Crippen molar-refractivity contribution in [2.75, 3.05) is 12.4 Å². The lowest BCUT2D eigenvalue weighted by molar-refractivity contribution is -0.122. The minimum atomic E-state index is -0.648. The molecular formula is C13H14N2O4. The van der Waals surface area contributed by atoms with Gasteiger partial charge in [0.05, 0.1) is 7.11 Å². The number of nitrogens with zero attached hydrogens (tertiary/aromatic N) is 1. The maximum Gasteiger partial charge on any atom is 0.266 e. The zero-order chi connectivity index (χ0) is 13.7. The highest BCUT2D eigenvalue weighted by molar-refractivity contribution is 5.93. The molecule has 1 heterocycles. The molecule has 0 unspecified atom stereocenters. The third-order valence-corrected chi connectivity index (χ3v) is 2.43. The van der Waals surface area contributed by atoms with Gasteiger partial charge in [0.2, 0.25) is 0 Å². The van der Waals surface area contributed by atoms with E-state index >= 15 is 0 Å². The van der Waals surface area contributed by atoms with Crippen LogP contribution in [0.2, 0.25) is 0 Å². The molecule has 1 N–H and O–H groups in total. The van der Waals surface area contributed by atoms with Crippen LogP contribution in [0.3, 0.4) is 0 Å². The van der Waals surface area contributed by atoms with Gasteiger partial charge in [-0.25, -0.2) is 0 Å². The summed E-state index contributed by atoms with van der Waals surface area (Å²) in [5.74, 6) is 1.37. The van der Waals surface area contributed by atoms with Gasteiger partial charge < -0.3 is 19.3 Å². The second-order valence-electron chi connectivity index (χ2n) is 3.81. The van der Waals surface area contributed by atoms with E-state index in [1.165, 1.54) is 6.26 Å². The predicted molar refractivity (Wildman–Crippen MR) is 68.2 cm³/mol. The maximum absolute atomic E-state index is 11.8. The van der Waals surface area contributed by atoms with Gasteiger partial charge in [0.25, 0.3) is 5.91 Å². The molecular weight excluding hydrogens is 248 g/mol. The first-order chi connectivity index (χ1) is 9.19. The molecule has 0 radical (unpaired) electrons. The number of benzene rings is 1. The Morgan fingerprint density at radius 2 is 1.95 bits per heavy atom. The van der Waals surface area contributed by atoms with Crippen molar-refractivity contribution in [3.63, 3.8) is 0 Å². The summed E-state index contributed by atoms with van der Waals surface area (Å²) < 4.78 is 15.2. The van der Waals surface area contributed by atoms with Crippen molar-refractivity contribution in [3.05, 3.63) is 36.6 Å². The van der Waals surface area contributed by atoms with Crippen LogP contribution in [0.1, 0.15) is 6.92 Å². The molecule has 1 aromatic carbocycles. The second kappa shape index (κ2) is 5.90. The lowest BCUT2D eigenvalue weighted by Crippen LogP contribution is -2.30. The van der Waals surface area contributed by atoms with E-state index in [0.29, 0.717) is 11.6 Å². The highest BCUT2D eigenvalue weighted by atomic mass is 16.5. The van der Waals surface area contributed by atoms with Crippen LogP contribution in [-0.2, 0) is 4.79 Å². The van der Waals surface area contributed by atoms with Crippen LogP contribution in [0.15, 0.2) is 41.1 Å². The number of carbonyl (C=O) groups excluding carboxylic acids is 1. The van der Waals surface area contributed by atoms with E-state index in [0.717, 1.165) is 5.75 Å². The van der Waals surface area contributed by atoms with Crippen molar-refractivity contribution < 1.29 is 18.8 Å². The van der Waals surface area contributed by atoms with Crippen LogP contribution in [0, 0.1) is 0 Å². The normalized spacial score (nSPS) is 11.7. The largest absolute Gasteiger partial charge is 0.497 e. The Bertz CT molecular complexity index is 522. The summed E-state index contributed by atoms with van der Waals surface area (Å²) in [6, 6.07) is 8.55. The zero-order valence-electron chi connectivity index (χ0n) is 10.6. The first kappa shape index (κ1) is 12.9. The average molecular weight is 262 g/mol. The van der Waals surface area contributed by atoms with Crippen LogP contribution >= 0.6 is 0 Å². The molecule has 6 nitrogen and oxygen atoms in total. The highest BCUT2D eigenvalue weighted by Gasteiger charge is 2.15. The molecule has 0 saturated heterocycles. The Morgan fingerprint density at radius 3 is 2.53 bits per heavy atom. The van der Waals surface area contributed by atoms with Crippen molar-refractivity contribution in [2.45, 2.75) is 13.0 Å². The Kier molecular flexibility index (Phi) is 4.02. The van der Waals surface area contributed by atoms with Crippen molar-refractivity contribution in [1.82, 2.24) is 5.16 Å². The summed E-state index contributed by atoms with van der Waals surface area (Å²) in [5, 5.41) is 6.16. The van der Waals surface area contributed by atoms with Crippen LogP contribution in [0.5, 0.6) is 11.5 Å². The molecule has 0 aliphatic carbocycles. The fraction of sp³-hybridized carbons (Fsp3) is 0.231. The van der Waals surface area contributed by atoms with Crippen LogP contribution in [-0.4, -0.2) is 24.3 Å². The van der Waals surface area contributed by atoms with Gasteiger partial charge in [-0.05, 0) is 31.2 Å². The molecule has 100 valence electrons. The summed E-state index contributed by atoms with van der Waals surface area (Å²) >= 11 is 0. The van der Waals surface area contributed by atoms with E-state index in [4.69, 9.17) is 9.47 Å². The molecule has 1 aromatic heterocycles. The monoisotopic (exact) mass is 262 g/mol. The molecule has 1 atom stereocenters. The maximum atomic E-state index is 11.8. The lowest BCUT2D eigenvalue weighted by Gasteiger charge is -2.13. The predicted octanol–water partition coefficient (Wildman–Crippen LogP) is 2.09. The van der Waals surface area contributed by atoms with Gasteiger partial charge in [0.15, 0.2) is 11.9 Å². The van der Waals surface area contributed by atoms with Crippen LogP contribution in [0.25, 0.3) is 0 Å². The number of carbonyl (C=O) groups is 1. The van der Waals surface area contributed by atoms with E-state index in [2.05, 4.69) is 15.0 Å². The van der Waals surface area contributed by atoms with Gasteiger partial charge in [0.1, 0.15) is 17.8 Å². The number of nitrogens with one attached hydrogen (secondary N) is 1. The zero-order valence-corrected chi connectivity index (χ0v) is 10.6. The molecule has 0 aliphatic heterocycles. The fourth-order valence-electron chi connectivity index (χ4n) is 1.42. The first-order valence-electron chi connectivity index (χ1n) is 5.71. The lowest BCUT2D eigenvalue weighted by atomic mass is 10.3. The fourth-order valence-corrected chi connectivity index (χ4v) is 1.42. The SMILES string of the molecule is COc1ccc(O[C@H](C)C(=O)Nc2ccon2)cc1. The van der Waals surface area contributed by atoms with Gasteiger partial charge in [-0.15, -0.1) is 0 Å². The van der Waals surface area contributed by atoms with Crippen LogP contribution < -0.4 is 14.8 Å². The van der Waals surface area contributed by atoms with Gasteiger partial charge in [-0.1, -0.05) is 5.16 Å². The third kappa shape index (κ3) is 3.48. The average Bonchev–Trinajstić information content (AvgIpc) is 2.92. The van der Waals surface area contributed by atoms with Gasteiger partial charge in [-0.3, -0.25) is 4.79 Å². The smallest absolute Gasteiger partial charge is 0.266 e. The molecule has 0 saturated carbocycles. The molecule has 0 aliphatic rings. The number of anilines is 1. The summed E-state index contributed by atoms with van der Waals surface area (Å²) in [7, 11) is 1.59. The molecule has 0 fully saturated rings. The number of ether oxygens (including phenoxy) is 2. The summed E-state index contributed by atoms with van der Waals surface area (Å²) in [4.78, 5) is 11.8. The minimum absolute atomic E-state index is 0.301. The Balaban J connectivity index is 1.92. The number of aromatic nitrogens is 1. The molecule has 1 amide bonds.